The Bertz CT molecular complexity index is 801. The van der Waals surface area contributed by atoms with Crippen molar-refractivity contribution in [3.63, 3.8) is 0 Å². The van der Waals surface area contributed by atoms with E-state index in [2.05, 4.69) is 27.8 Å². The second-order valence-corrected chi connectivity index (χ2v) is 7.26. The Morgan fingerprint density at radius 2 is 2.16 bits per heavy atom. The molecular formula is C17H14BrF3O3S. The molecule has 25 heavy (non-hydrogen) atoms. The fraction of sp³-hybridized carbons (Fsp3) is 0.412. The number of hydrogen-bond donors (Lipinski definition) is 0. The minimum Gasteiger partial charge on any atom is -0.445 e. The van der Waals surface area contributed by atoms with Crippen LogP contribution in [0.25, 0.3) is 11.0 Å². The topological polar surface area (TPSA) is 31.6 Å². The fourth-order valence-electron chi connectivity index (χ4n) is 2.46. The SMILES string of the molecule is FC(F)(F)Sc1c(C#CCOC2CCCCO2)oc2c(Br)cccc12. The molecule has 1 aromatic carbocycles. The van der Waals surface area contributed by atoms with Crippen molar-refractivity contribution in [2.75, 3.05) is 13.2 Å². The lowest BCUT2D eigenvalue weighted by atomic mass is 10.2. The molecule has 2 heterocycles. The number of rotatable bonds is 3. The summed E-state index contributed by atoms with van der Waals surface area (Å²) < 4.78 is 55.6. The van der Waals surface area contributed by atoms with Crippen molar-refractivity contribution < 1.29 is 27.1 Å². The lowest BCUT2D eigenvalue weighted by Gasteiger charge is -2.21. The molecule has 1 aromatic heterocycles. The average molecular weight is 435 g/mol. The number of furan rings is 1. The van der Waals surface area contributed by atoms with E-state index in [1.807, 2.05) is 0 Å². The van der Waals surface area contributed by atoms with Crippen LogP contribution in [-0.2, 0) is 9.47 Å². The minimum absolute atomic E-state index is 0.0163. The van der Waals surface area contributed by atoms with Gasteiger partial charge in [-0.05, 0) is 65.0 Å². The van der Waals surface area contributed by atoms with Crippen LogP contribution in [0, 0.1) is 11.8 Å². The van der Waals surface area contributed by atoms with Gasteiger partial charge in [-0.3, -0.25) is 0 Å². The Morgan fingerprint density at radius 1 is 1.32 bits per heavy atom. The summed E-state index contributed by atoms with van der Waals surface area (Å²) in [6.45, 7) is 0.723. The van der Waals surface area contributed by atoms with Gasteiger partial charge in [0.25, 0.3) is 0 Å². The van der Waals surface area contributed by atoms with Crippen molar-refractivity contribution in [3.8, 4) is 11.8 Å². The summed E-state index contributed by atoms with van der Waals surface area (Å²) in [5.41, 5.74) is -4.09. The van der Waals surface area contributed by atoms with Gasteiger partial charge < -0.3 is 13.9 Å². The maximum absolute atomic E-state index is 12.9. The van der Waals surface area contributed by atoms with Crippen LogP contribution in [0.15, 0.2) is 32.0 Å². The van der Waals surface area contributed by atoms with E-state index >= 15 is 0 Å². The molecule has 0 aliphatic carbocycles. The van der Waals surface area contributed by atoms with Crippen molar-refractivity contribution in [1.82, 2.24) is 0 Å². The molecule has 3 nitrogen and oxygen atoms in total. The third-order valence-corrected chi connectivity index (χ3v) is 4.99. The van der Waals surface area contributed by atoms with Gasteiger partial charge in [0, 0.05) is 12.0 Å². The normalized spacial score (nSPS) is 18.2. The third-order valence-electron chi connectivity index (χ3n) is 3.52. The van der Waals surface area contributed by atoms with Gasteiger partial charge in [-0.15, -0.1) is 0 Å². The largest absolute Gasteiger partial charge is 0.446 e. The van der Waals surface area contributed by atoms with E-state index in [1.54, 1.807) is 18.2 Å². The molecule has 1 aliphatic heterocycles. The average Bonchev–Trinajstić information content (AvgIpc) is 2.90. The van der Waals surface area contributed by atoms with E-state index in [0.717, 1.165) is 19.3 Å². The Kier molecular flexibility index (Phi) is 6.00. The molecule has 8 heteroatoms. The monoisotopic (exact) mass is 434 g/mol. The standard InChI is InChI=1S/C17H14BrF3O3S/c18-12-6-3-5-11-15(12)24-13(16(11)25-17(19,20)21)7-4-10-23-14-8-1-2-9-22-14/h3,5-6,14H,1-2,8-10H2. The summed E-state index contributed by atoms with van der Waals surface area (Å²) in [5.74, 6) is 5.35. The van der Waals surface area contributed by atoms with Gasteiger partial charge in [0.15, 0.2) is 17.6 Å². The summed E-state index contributed by atoms with van der Waals surface area (Å²) in [6.07, 6.45) is 2.55. The molecule has 1 fully saturated rings. The van der Waals surface area contributed by atoms with E-state index in [9.17, 15) is 13.2 Å². The van der Waals surface area contributed by atoms with E-state index in [4.69, 9.17) is 13.9 Å². The lowest BCUT2D eigenvalue weighted by molar-refractivity contribution is -0.154. The summed E-state index contributed by atoms with van der Waals surface area (Å²) in [5, 5.41) is 0.373. The highest BCUT2D eigenvalue weighted by molar-refractivity contribution is 9.10. The number of hydrogen-bond acceptors (Lipinski definition) is 4. The Hall–Kier alpha value is -1.14. The van der Waals surface area contributed by atoms with Crippen LogP contribution in [0.2, 0.25) is 0 Å². The molecule has 0 N–H and O–H groups in total. The zero-order valence-electron chi connectivity index (χ0n) is 13.0. The van der Waals surface area contributed by atoms with Crippen LogP contribution in [-0.4, -0.2) is 25.0 Å². The number of alkyl halides is 3. The van der Waals surface area contributed by atoms with E-state index in [-0.39, 0.29) is 35.3 Å². The predicted octanol–water partition coefficient (Wildman–Crippen LogP) is 5.70. The number of ether oxygens (including phenoxy) is 2. The highest BCUT2D eigenvalue weighted by Gasteiger charge is 2.33. The van der Waals surface area contributed by atoms with Crippen LogP contribution in [0.3, 0.4) is 0 Å². The molecule has 0 spiro atoms. The fourth-order valence-corrected chi connectivity index (χ4v) is 3.59. The molecular weight excluding hydrogens is 421 g/mol. The number of benzene rings is 1. The molecule has 1 saturated heterocycles. The van der Waals surface area contributed by atoms with Crippen molar-refractivity contribution in [2.24, 2.45) is 0 Å². The van der Waals surface area contributed by atoms with E-state index in [1.165, 1.54) is 0 Å². The maximum atomic E-state index is 12.9. The molecule has 0 bridgehead atoms. The molecule has 3 rings (SSSR count). The number of thioether (sulfide) groups is 1. The molecule has 2 aromatic rings. The van der Waals surface area contributed by atoms with Crippen molar-refractivity contribution >= 4 is 38.7 Å². The quantitative estimate of drug-likeness (QED) is 0.457. The first-order valence-corrected chi connectivity index (χ1v) is 9.24. The van der Waals surface area contributed by atoms with Gasteiger partial charge in [-0.1, -0.05) is 12.0 Å². The highest BCUT2D eigenvalue weighted by atomic mass is 79.9. The second-order valence-electron chi connectivity index (χ2n) is 5.33. The molecule has 1 unspecified atom stereocenters. The van der Waals surface area contributed by atoms with Crippen LogP contribution in [0.4, 0.5) is 13.2 Å². The third kappa shape index (κ3) is 4.94. The van der Waals surface area contributed by atoms with Crippen LogP contribution < -0.4 is 0 Å². The van der Waals surface area contributed by atoms with Gasteiger partial charge in [0.2, 0.25) is 0 Å². The van der Waals surface area contributed by atoms with E-state index in [0.29, 0.717) is 22.0 Å². The van der Waals surface area contributed by atoms with Gasteiger partial charge >= 0.3 is 5.51 Å². The molecule has 1 atom stereocenters. The molecule has 1 aliphatic rings. The predicted molar refractivity (Wildman–Crippen MR) is 92.2 cm³/mol. The van der Waals surface area contributed by atoms with Gasteiger partial charge in [-0.2, -0.15) is 13.2 Å². The molecule has 0 amide bonds. The Labute approximate surface area is 155 Å². The van der Waals surface area contributed by atoms with Crippen LogP contribution in [0.5, 0.6) is 0 Å². The zero-order valence-corrected chi connectivity index (χ0v) is 15.4. The minimum atomic E-state index is -4.43. The summed E-state index contributed by atoms with van der Waals surface area (Å²) in [4.78, 5) is -0.0368. The van der Waals surface area contributed by atoms with Gasteiger partial charge in [-0.25, -0.2) is 0 Å². The zero-order chi connectivity index (χ0) is 17.9. The lowest BCUT2D eigenvalue weighted by Crippen LogP contribution is -2.22. The molecule has 0 saturated carbocycles. The summed E-state index contributed by atoms with van der Waals surface area (Å²) in [6, 6.07) is 4.94. The smallest absolute Gasteiger partial charge is 0.445 e. The van der Waals surface area contributed by atoms with Gasteiger partial charge in [0.1, 0.15) is 6.61 Å². The second kappa shape index (κ2) is 8.04. The Balaban J connectivity index is 1.81. The van der Waals surface area contributed by atoms with Crippen molar-refractivity contribution in [3.05, 3.63) is 28.4 Å². The number of fused-ring (bicyclic) bond motifs is 1. The van der Waals surface area contributed by atoms with Crippen LogP contribution in [0.1, 0.15) is 25.0 Å². The summed E-state index contributed by atoms with van der Waals surface area (Å²) in [7, 11) is 0. The summed E-state index contributed by atoms with van der Waals surface area (Å²) >= 11 is 3.06. The van der Waals surface area contributed by atoms with Crippen LogP contribution >= 0.6 is 27.7 Å². The number of para-hydroxylation sites is 1. The van der Waals surface area contributed by atoms with E-state index < -0.39 is 5.51 Å². The first-order chi connectivity index (χ1) is 11.9. The van der Waals surface area contributed by atoms with Crippen molar-refractivity contribution in [2.45, 2.75) is 36.0 Å². The highest BCUT2D eigenvalue weighted by Crippen LogP contribution is 2.44. The van der Waals surface area contributed by atoms with Gasteiger partial charge in [0.05, 0.1) is 9.37 Å². The first kappa shape index (κ1) is 18.6. The molecule has 134 valence electrons. The maximum Gasteiger partial charge on any atom is 0.446 e. The molecule has 0 radical (unpaired) electrons. The Morgan fingerprint density at radius 3 is 2.88 bits per heavy atom. The first-order valence-electron chi connectivity index (χ1n) is 7.63. The van der Waals surface area contributed by atoms with Crippen molar-refractivity contribution in [1.29, 1.82) is 0 Å². The number of halogens is 4.